The summed E-state index contributed by atoms with van der Waals surface area (Å²) in [6.45, 7) is 5.62. The summed E-state index contributed by atoms with van der Waals surface area (Å²) >= 11 is 5.75. The van der Waals surface area contributed by atoms with Gasteiger partial charge in [0.1, 0.15) is 11.0 Å². The second-order valence-electron chi connectivity index (χ2n) is 4.03. The van der Waals surface area contributed by atoms with Crippen molar-refractivity contribution in [3.05, 3.63) is 29.0 Å². The SMILES string of the molecule is CC(C)(C)[S@@](=O)/N=C/c1cncc(Cl)c1. The fourth-order valence-corrected chi connectivity index (χ4v) is 1.48. The van der Waals surface area contributed by atoms with Crippen LogP contribution in [-0.2, 0) is 11.0 Å². The van der Waals surface area contributed by atoms with Gasteiger partial charge < -0.3 is 0 Å². The highest BCUT2D eigenvalue weighted by atomic mass is 35.5. The van der Waals surface area contributed by atoms with Gasteiger partial charge in [-0.05, 0) is 26.8 Å². The van der Waals surface area contributed by atoms with Crippen LogP contribution in [0.4, 0.5) is 0 Å². The number of hydrogen-bond donors (Lipinski definition) is 0. The average molecular weight is 245 g/mol. The first-order chi connectivity index (χ1) is 6.89. The molecule has 0 aliphatic rings. The largest absolute Gasteiger partial charge is 0.262 e. The minimum absolute atomic E-state index is 0.345. The molecule has 0 aromatic carbocycles. The molecule has 0 aliphatic heterocycles. The lowest BCUT2D eigenvalue weighted by molar-refractivity contribution is 0.651. The van der Waals surface area contributed by atoms with E-state index in [2.05, 4.69) is 9.38 Å². The summed E-state index contributed by atoms with van der Waals surface area (Å²) in [5.74, 6) is 0. The Labute approximate surface area is 97.2 Å². The van der Waals surface area contributed by atoms with E-state index in [1.165, 1.54) is 6.21 Å². The van der Waals surface area contributed by atoms with E-state index in [0.29, 0.717) is 5.02 Å². The van der Waals surface area contributed by atoms with Crippen molar-refractivity contribution in [2.24, 2.45) is 4.40 Å². The summed E-state index contributed by atoms with van der Waals surface area (Å²) in [6, 6.07) is 1.72. The van der Waals surface area contributed by atoms with E-state index in [-0.39, 0.29) is 4.75 Å². The normalized spacial score (nSPS) is 14.4. The van der Waals surface area contributed by atoms with Crippen LogP contribution in [0.25, 0.3) is 0 Å². The van der Waals surface area contributed by atoms with Crippen molar-refractivity contribution in [2.75, 3.05) is 0 Å². The number of pyridine rings is 1. The molecule has 0 amide bonds. The van der Waals surface area contributed by atoms with Crippen LogP contribution in [0.3, 0.4) is 0 Å². The Balaban J connectivity index is 2.79. The predicted octanol–water partition coefficient (Wildman–Crippen LogP) is 2.62. The summed E-state index contributed by atoms with van der Waals surface area (Å²) in [4.78, 5) is 3.90. The van der Waals surface area contributed by atoms with Gasteiger partial charge >= 0.3 is 0 Å². The van der Waals surface area contributed by atoms with Gasteiger partial charge in [-0.2, -0.15) is 4.40 Å². The fourth-order valence-electron chi connectivity index (χ4n) is 0.766. The molecular weight excluding hydrogens is 232 g/mol. The molecule has 0 bridgehead atoms. The summed E-state index contributed by atoms with van der Waals surface area (Å²) in [5, 5.41) is 0.542. The lowest BCUT2D eigenvalue weighted by Crippen LogP contribution is -2.19. The van der Waals surface area contributed by atoms with Crippen molar-refractivity contribution < 1.29 is 4.21 Å². The summed E-state index contributed by atoms with van der Waals surface area (Å²) in [5.41, 5.74) is 0.750. The monoisotopic (exact) mass is 244 g/mol. The molecule has 82 valence electrons. The summed E-state index contributed by atoms with van der Waals surface area (Å²) in [6.07, 6.45) is 4.69. The van der Waals surface area contributed by atoms with E-state index in [4.69, 9.17) is 11.6 Å². The lowest BCUT2D eigenvalue weighted by Gasteiger charge is -2.12. The van der Waals surface area contributed by atoms with Gasteiger partial charge in [0.15, 0.2) is 0 Å². The highest BCUT2D eigenvalue weighted by Crippen LogP contribution is 2.12. The molecule has 5 heteroatoms. The molecule has 0 saturated heterocycles. The third-order valence-electron chi connectivity index (χ3n) is 1.55. The molecule has 1 heterocycles. The van der Waals surface area contributed by atoms with Crippen molar-refractivity contribution in [2.45, 2.75) is 25.5 Å². The Bertz CT molecular complexity index is 399. The molecule has 3 nitrogen and oxygen atoms in total. The second kappa shape index (κ2) is 4.86. The molecule has 0 unspecified atom stereocenters. The van der Waals surface area contributed by atoms with Gasteiger partial charge in [0.2, 0.25) is 0 Å². The van der Waals surface area contributed by atoms with Gasteiger partial charge in [0.25, 0.3) is 0 Å². The topological polar surface area (TPSA) is 42.3 Å². The van der Waals surface area contributed by atoms with Crippen molar-refractivity contribution in [1.29, 1.82) is 0 Å². The lowest BCUT2D eigenvalue weighted by atomic mass is 10.3. The average Bonchev–Trinajstić information content (AvgIpc) is 2.12. The van der Waals surface area contributed by atoms with E-state index >= 15 is 0 Å². The summed E-state index contributed by atoms with van der Waals surface area (Å²) < 4.78 is 15.2. The van der Waals surface area contributed by atoms with Crippen molar-refractivity contribution in [3.63, 3.8) is 0 Å². The van der Waals surface area contributed by atoms with E-state index in [0.717, 1.165) is 5.56 Å². The highest BCUT2D eigenvalue weighted by Gasteiger charge is 2.17. The molecule has 0 radical (unpaired) electrons. The van der Waals surface area contributed by atoms with Gasteiger partial charge in [0, 0.05) is 24.2 Å². The molecule has 0 N–H and O–H groups in total. The van der Waals surface area contributed by atoms with E-state index < -0.39 is 11.0 Å². The molecule has 1 atom stereocenters. The van der Waals surface area contributed by atoms with Gasteiger partial charge in [-0.15, -0.1) is 0 Å². The van der Waals surface area contributed by atoms with Crippen molar-refractivity contribution in [3.8, 4) is 0 Å². The van der Waals surface area contributed by atoms with Crippen molar-refractivity contribution >= 4 is 28.8 Å². The molecule has 15 heavy (non-hydrogen) atoms. The highest BCUT2D eigenvalue weighted by molar-refractivity contribution is 7.85. The van der Waals surface area contributed by atoms with Crippen LogP contribution in [0.2, 0.25) is 5.02 Å². The van der Waals surface area contributed by atoms with E-state index in [1.807, 2.05) is 20.8 Å². The molecule has 1 aromatic heterocycles. The molecule has 0 fully saturated rings. The van der Waals surface area contributed by atoms with Crippen LogP contribution in [-0.4, -0.2) is 20.2 Å². The van der Waals surface area contributed by atoms with Crippen LogP contribution in [0.1, 0.15) is 26.3 Å². The summed E-state index contributed by atoms with van der Waals surface area (Å²) in [7, 11) is -1.25. The Hall–Kier alpha value is -0.740. The maximum Gasteiger partial charge on any atom is 0.144 e. The zero-order valence-corrected chi connectivity index (χ0v) is 10.5. The molecule has 1 aromatic rings. The Morgan fingerprint density at radius 3 is 2.67 bits per heavy atom. The number of nitrogens with zero attached hydrogens (tertiary/aromatic N) is 2. The molecule has 0 saturated carbocycles. The standard InChI is InChI=1S/C10H13ClN2OS/c1-10(2,3)15(14)13-6-8-4-9(11)7-12-5-8/h4-7H,1-3H3/b13-6+/t15-/m1/s1. The maximum absolute atomic E-state index is 11.6. The maximum atomic E-state index is 11.6. The van der Waals surface area contributed by atoms with Crippen LogP contribution in [0, 0.1) is 0 Å². The quantitative estimate of drug-likeness (QED) is 0.751. The zero-order valence-electron chi connectivity index (χ0n) is 8.90. The molecule has 1 rings (SSSR count). The van der Waals surface area contributed by atoms with Crippen molar-refractivity contribution in [1.82, 2.24) is 4.98 Å². The fraction of sp³-hybridized carbons (Fsp3) is 0.400. The van der Waals surface area contributed by atoms with Crippen LogP contribution >= 0.6 is 11.6 Å². The third kappa shape index (κ3) is 4.10. The number of halogens is 1. The van der Waals surface area contributed by atoms with E-state index in [1.54, 1.807) is 18.5 Å². The second-order valence-corrected chi connectivity index (χ2v) is 6.40. The zero-order chi connectivity index (χ0) is 11.5. The number of aromatic nitrogens is 1. The van der Waals surface area contributed by atoms with Gasteiger partial charge in [-0.3, -0.25) is 4.98 Å². The van der Waals surface area contributed by atoms with E-state index in [9.17, 15) is 4.21 Å². The predicted molar refractivity (Wildman–Crippen MR) is 64.7 cm³/mol. The number of hydrogen-bond acceptors (Lipinski definition) is 2. The van der Waals surface area contributed by atoms with Crippen LogP contribution in [0.15, 0.2) is 22.9 Å². The van der Waals surface area contributed by atoms with Crippen LogP contribution < -0.4 is 0 Å². The minimum Gasteiger partial charge on any atom is -0.262 e. The molecule has 0 aliphatic carbocycles. The van der Waals surface area contributed by atoms with Crippen LogP contribution in [0.5, 0.6) is 0 Å². The smallest absolute Gasteiger partial charge is 0.144 e. The number of rotatable bonds is 2. The Morgan fingerprint density at radius 1 is 1.47 bits per heavy atom. The first kappa shape index (κ1) is 12.3. The van der Waals surface area contributed by atoms with Gasteiger partial charge in [0.05, 0.1) is 9.77 Å². The molecular formula is C10H13ClN2OS. The first-order valence-corrected chi connectivity index (χ1v) is 5.95. The molecule has 0 spiro atoms. The van der Waals surface area contributed by atoms with Gasteiger partial charge in [-0.1, -0.05) is 11.6 Å². The first-order valence-electron chi connectivity index (χ1n) is 4.46. The minimum atomic E-state index is -1.25. The van der Waals surface area contributed by atoms with Gasteiger partial charge in [-0.25, -0.2) is 4.21 Å². The Kier molecular flexibility index (Phi) is 3.99. The third-order valence-corrected chi connectivity index (χ3v) is 3.10. The Morgan fingerprint density at radius 2 is 2.13 bits per heavy atom.